The number of carbonyl (C=O) groups excluding carboxylic acids is 2. The Bertz CT molecular complexity index is 841. The van der Waals surface area contributed by atoms with Gasteiger partial charge in [-0.05, 0) is 31.2 Å². The van der Waals surface area contributed by atoms with Crippen molar-refractivity contribution in [3.63, 3.8) is 0 Å². The third-order valence-electron chi connectivity index (χ3n) is 3.38. The third kappa shape index (κ3) is 4.76. The Kier molecular flexibility index (Phi) is 6.62. The zero-order valence-electron chi connectivity index (χ0n) is 13.9. The van der Waals surface area contributed by atoms with Gasteiger partial charge in [-0.2, -0.15) is 0 Å². The number of pyridine rings is 1. The first-order valence-corrected chi connectivity index (χ1v) is 8.15. The van der Waals surface area contributed by atoms with Crippen molar-refractivity contribution in [2.24, 2.45) is 0 Å². The maximum absolute atomic E-state index is 12.7. The van der Waals surface area contributed by atoms with Gasteiger partial charge in [0.25, 0.3) is 5.69 Å². The fourth-order valence-corrected chi connectivity index (χ4v) is 2.38. The minimum absolute atomic E-state index is 0.0504. The van der Waals surface area contributed by atoms with Gasteiger partial charge in [0.15, 0.2) is 5.78 Å². The van der Waals surface area contributed by atoms with Crippen LogP contribution in [0.5, 0.6) is 0 Å². The Hall–Kier alpha value is -3.00. The van der Waals surface area contributed by atoms with E-state index in [-0.39, 0.29) is 46.6 Å². The third-order valence-corrected chi connectivity index (χ3v) is 3.70. The number of halogens is 1. The van der Waals surface area contributed by atoms with E-state index in [1.807, 2.05) is 0 Å². The molecule has 0 aliphatic carbocycles. The average molecular weight is 378 g/mol. The lowest BCUT2D eigenvalue weighted by Crippen LogP contribution is -2.14. The first-order valence-electron chi connectivity index (χ1n) is 7.77. The van der Waals surface area contributed by atoms with Gasteiger partial charge in [-0.3, -0.25) is 19.7 Å². The van der Waals surface area contributed by atoms with Crippen LogP contribution in [0.1, 0.15) is 29.3 Å². The van der Waals surface area contributed by atoms with Crippen LogP contribution >= 0.6 is 11.6 Å². The Morgan fingerprint density at radius 1 is 1.35 bits per heavy atom. The normalized spacial score (nSPS) is 10.2. The summed E-state index contributed by atoms with van der Waals surface area (Å²) in [4.78, 5) is 38.5. The van der Waals surface area contributed by atoms with E-state index in [1.54, 1.807) is 19.1 Å². The van der Waals surface area contributed by atoms with Gasteiger partial charge in [-0.25, -0.2) is 4.98 Å². The number of hydrogen-bond donors (Lipinski definition) is 1. The van der Waals surface area contributed by atoms with Gasteiger partial charge in [0.1, 0.15) is 10.8 Å². The highest BCUT2D eigenvalue weighted by molar-refractivity contribution is 6.32. The molecule has 1 aromatic carbocycles. The molecule has 2 rings (SSSR count). The number of rotatable bonds is 8. The number of hydrogen-bond acceptors (Lipinski definition) is 7. The number of esters is 1. The summed E-state index contributed by atoms with van der Waals surface area (Å²) < 4.78 is 4.83. The van der Waals surface area contributed by atoms with E-state index in [9.17, 15) is 19.7 Å². The van der Waals surface area contributed by atoms with Crippen LogP contribution in [0.2, 0.25) is 5.02 Å². The Morgan fingerprint density at radius 3 is 2.81 bits per heavy atom. The minimum Gasteiger partial charge on any atom is -0.466 e. The Morgan fingerprint density at radius 2 is 2.12 bits per heavy atom. The van der Waals surface area contributed by atoms with Gasteiger partial charge in [0, 0.05) is 24.4 Å². The molecule has 9 heteroatoms. The number of benzene rings is 1. The molecule has 2 aromatic rings. The number of anilines is 1. The molecular weight excluding hydrogens is 362 g/mol. The van der Waals surface area contributed by atoms with Crippen molar-refractivity contribution in [1.82, 2.24) is 4.98 Å². The lowest BCUT2D eigenvalue weighted by molar-refractivity contribution is -0.384. The molecule has 0 saturated heterocycles. The van der Waals surface area contributed by atoms with Crippen molar-refractivity contribution in [3.8, 4) is 0 Å². The Labute approximate surface area is 154 Å². The molecule has 1 N–H and O–H groups in total. The SMILES string of the molecule is CCOC(=O)CCNc1ncccc1C(=O)c1ccc(Cl)c([N+](=O)[O-])c1. The van der Waals surface area contributed by atoms with E-state index >= 15 is 0 Å². The molecule has 0 aliphatic rings. The summed E-state index contributed by atoms with van der Waals surface area (Å²) in [6.07, 6.45) is 1.61. The van der Waals surface area contributed by atoms with Crippen LogP contribution in [0.25, 0.3) is 0 Å². The van der Waals surface area contributed by atoms with Gasteiger partial charge in [-0.15, -0.1) is 0 Å². The predicted octanol–water partition coefficient (Wildman–Crippen LogP) is 3.24. The number of nitro benzene ring substituents is 1. The molecule has 0 unspecified atom stereocenters. The van der Waals surface area contributed by atoms with Crippen molar-refractivity contribution in [3.05, 3.63) is 62.8 Å². The molecule has 0 atom stereocenters. The molecule has 1 heterocycles. The molecule has 136 valence electrons. The fraction of sp³-hybridized carbons (Fsp3) is 0.235. The molecule has 1 aromatic heterocycles. The maximum Gasteiger partial charge on any atom is 0.307 e. The van der Waals surface area contributed by atoms with Crippen LogP contribution in [0.3, 0.4) is 0 Å². The van der Waals surface area contributed by atoms with Gasteiger partial charge in [-0.1, -0.05) is 11.6 Å². The van der Waals surface area contributed by atoms with Gasteiger partial charge in [0.05, 0.1) is 23.5 Å². The molecular formula is C17H16ClN3O5. The number of ketones is 1. The summed E-state index contributed by atoms with van der Waals surface area (Å²) in [5.41, 5.74) is -0.00579. The number of nitrogens with zero attached hydrogens (tertiary/aromatic N) is 2. The summed E-state index contributed by atoms with van der Waals surface area (Å²) >= 11 is 5.78. The smallest absolute Gasteiger partial charge is 0.307 e. The molecule has 0 radical (unpaired) electrons. The van der Waals surface area contributed by atoms with E-state index in [4.69, 9.17) is 16.3 Å². The van der Waals surface area contributed by atoms with Crippen LogP contribution < -0.4 is 5.32 Å². The van der Waals surface area contributed by atoms with E-state index in [2.05, 4.69) is 10.3 Å². The van der Waals surface area contributed by atoms with E-state index in [0.29, 0.717) is 6.61 Å². The van der Waals surface area contributed by atoms with Crippen LogP contribution in [0.4, 0.5) is 11.5 Å². The lowest BCUT2D eigenvalue weighted by Gasteiger charge is -2.10. The summed E-state index contributed by atoms with van der Waals surface area (Å²) in [7, 11) is 0. The molecule has 8 nitrogen and oxygen atoms in total. The van der Waals surface area contributed by atoms with Crippen molar-refractivity contribution in [2.45, 2.75) is 13.3 Å². The molecule has 0 amide bonds. The number of nitrogens with one attached hydrogen (secondary N) is 1. The van der Waals surface area contributed by atoms with Gasteiger partial charge in [0.2, 0.25) is 0 Å². The molecule has 0 aliphatic heterocycles. The van der Waals surface area contributed by atoms with E-state index in [0.717, 1.165) is 6.07 Å². The standard InChI is InChI=1S/C17H16ClN3O5/c1-2-26-15(22)7-9-20-17-12(4-3-8-19-17)16(23)11-5-6-13(18)14(10-11)21(24)25/h3-6,8,10H,2,7,9H2,1H3,(H,19,20). The highest BCUT2D eigenvalue weighted by Crippen LogP contribution is 2.27. The number of carbonyl (C=O) groups is 2. The average Bonchev–Trinajstić information content (AvgIpc) is 2.62. The largest absolute Gasteiger partial charge is 0.466 e. The quantitative estimate of drug-likeness (QED) is 0.325. The van der Waals surface area contributed by atoms with Crippen molar-refractivity contribution < 1.29 is 19.2 Å². The molecule has 0 fully saturated rings. The summed E-state index contributed by atoms with van der Waals surface area (Å²) in [5, 5.41) is 13.9. The Balaban J connectivity index is 2.21. The number of aromatic nitrogens is 1. The van der Waals surface area contributed by atoms with Crippen LogP contribution in [-0.2, 0) is 9.53 Å². The predicted molar refractivity (Wildman–Crippen MR) is 95.5 cm³/mol. The molecule has 0 bridgehead atoms. The molecule has 26 heavy (non-hydrogen) atoms. The summed E-state index contributed by atoms with van der Waals surface area (Å²) in [6, 6.07) is 6.96. The van der Waals surface area contributed by atoms with Gasteiger partial charge < -0.3 is 10.1 Å². The first kappa shape index (κ1) is 19.3. The van der Waals surface area contributed by atoms with Crippen molar-refractivity contribution >= 4 is 34.9 Å². The topological polar surface area (TPSA) is 111 Å². The van der Waals surface area contributed by atoms with E-state index in [1.165, 1.54) is 18.3 Å². The number of ether oxygens (including phenoxy) is 1. The van der Waals surface area contributed by atoms with Crippen LogP contribution in [-0.4, -0.2) is 34.8 Å². The second-order valence-electron chi connectivity index (χ2n) is 5.13. The summed E-state index contributed by atoms with van der Waals surface area (Å²) in [5.74, 6) is -0.534. The highest BCUT2D eigenvalue weighted by Gasteiger charge is 2.19. The minimum atomic E-state index is -0.652. The first-order chi connectivity index (χ1) is 12.4. The highest BCUT2D eigenvalue weighted by atomic mass is 35.5. The van der Waals surface area contributed by atoms with Crippen molar-refractivity contribution in [1.29, 1.82) is 0 Å². The van der Waals surface area contributed by atoms with Crippen LogP contribution in [0, 0.1) is 10.1 Å². The van der Waals surface area contributed by atoms with E-state index < -0.39 is 10.7 Å². The van der Waals surface area contributed by atoms with Crippen LogP contribution in [0.15, 0.2) is 36.5 Å². The zero-order valence-corrected chi connectivity index (χ0v) is 14.7. The zero-order chi connectivity index (χ0) is 19.1. The second-order valence-corrected chi connectivity index (χ2v) is 5.54. The van der Waals surface area contributed by atoms with Crippen molar-refractivity contribution in [2.75, 3.05) is 18.5 Å². The van der Waals surface area contributed by atoms with Gasteiger partial charge >= 0.3 is 5.97 Å². The molecule has 0 saturated carbocycles. The lowest BCUT2D eigenvalue weighted by atomic mass is 10.0. The maximum atomic E-state index is 12.7. The monoisotopic (exact) mass is 377 g/mol. The number of nitro groups is 1. The summed E-state index contributed by atoms with van der Waals surface area (Å²) in [6.45, 7) is 2.24. The fourth-order valence-electron chi connectivity index (χ4n) is 2.19. The molecule has 0 spiro atoms. The second kappa shape index (κ2) is 8.91.